The third kappa shape index (κ3) is 5.49. The number of rotatable bonds is 8. The first kappa shape index (κ1) is 22.1. The molecule has 2 N–H and O–H groups in total. The number of methoxy groups -OCH3 is 1. The summed E-state index contributed by atoms with van der Waals surface area (Å²) in [4.78, 5) is 25.0. The minimum absolute atomic E-state index is 0.0338. The Morgan fingerprint density at radius 2 is 2.07 bits per heavy atom. The maximum Gasteiger partial charge on any atom is 0.337 e. The van der Waals surface area contributed by atoms with Gasteiger partial charge in [0, 0.05) is 26.0 Å². The Balaban J connectivity index is 1.68. The SMILES string of the molecule is CCCOC1CCC(C2NC(=O)NC(C)=C2C(=O)OCC2CCCO2)CC1OC. The quantitative estimate of drug-likeness (QED) is 0.596. The highest BCUT2D eigenvalue weighted by atomic mass is 16.6. The van der Waals surface area contributed by atoms with Gasteiger partial charge in [-0.25, -0.2) is 9.59 Å². The van der Waals surface area contributed by atoms with Gasteiger partial charge in [-0.3, -0.25) is 0 Å². The van der Waals surface area contributed by atoms with Gasteiger partial charge in [0.05, 0.1) is 29.9 Å². The standard InChI is InChI=1S/C21H34N2O6/c1-4-9-28-16-8-7-14(11-17(16)26-3)19-18(13(2)22-21(25)23-19)20(24)29-12-15-6-5-10-27-15/h14-17,19H,4-12H2,1-3H3,(H2,22,23,25). The molecule has 29 heavy (non-hydrogen) atoms. The predicted octanol–water partition coefficient (Wildman–Crippen LogP) is 2.27. The number of esters is 1. The molecule has 0 spiro atoms. The summed E-state index contributed by atoms with van der Waals surface area (Å²) in [5, 5.41) is 5.65. The number of carbonyl (C=O) groups excluding carboxylic acids is 2. The van der Waals surface area contributed by atoms with Crippen LogP contribution in [-0.2, 0) is 23.7 Å². The molecule has 0 aromatic rings. The van der Waals surface area contributed by atoms with Crippen molar-refractivity contribution in [2.75, 3.05) is 26.9 Å². The van der Waals surface area contributed by atoms with E-state index < -0.39 is 12.0 Å². The van der Waals surface area contributed by atoms with Crippen LogP contribution in [0.25, 0.3) is 0 Å². The van der Waals surface area contributed by atoms with Crippen LogP contribution in [0.2, 0.25) is 0 Å². The molecular formula is C21H34N2O6. The Kier molecular flexibility index (Phi) is 7.91. The van der Waals surface area contributed by atoms with Crippen molar-refractivity contribution in [2.24, 2.45) is 5.92 Å². The maximum absolute atomic E-state index is 12.9. The normalized spacial score (nSPS) is 32.7. The molecule has 5 unspecified atom stereocenters. The molecule has 8 heteroatoms. The topological polar surface area (TPSA) is 95.1 Å². The zero-order valence-electron chi connectivity index (χ0n) is 17.7. The van der Waals surface area contributed by atoms with Crippen molar-refractivity contribution in [1.82, 2.24) is 10.6 Å². The van der Waals surface area contributed by atoms with Gasteiger partial charge in [0.2, 0.25) is 0 Å². The summed E-state index contributed by atoms with van der Waals surface area (Å²) in [6, 6.07) is -0.688. The summed E-state index contributed by atoms with van der Waals surface area (Å²) in [5.41, 5.74) is 1.05. The molecule has 0 aromatic carbocycles. The van der Waals surface area contributed by atoms with E-state index in [-0.39, 0.29) is 36.9 Å². The number of amides is 2. The maximum atomic E-state index is 12.9. The van der Waals surface area contributed by atoms with Crippen molar-refractivity contribution in [3.63, 3.8) is 0 Å². The molecule has 1 saturated carbocycles. The van der Waals surface area contributed by atoms with Crippen LogP contribution in [0.4, 0.5) is 4.79 Å². The Labute approximate surface area is 172 Å². The number of urea groups is 1. The second-order valence-electron chi connectivity index (χ2n) is 8.10. The van der Waals surface area contributed by atoms with E-state index in [1.165, 1.54) is 0 Å². The zero-order valence-corrected chi connectivity index (χ0v) is 17.7. The molecule has 1 saturated heterocycles. The van der Waals surface area contributed by atoms with E-state index >= 15 is 0 Å². The van der Waals surface area contributed by atoms with E-state index in [0.29, 0.717) is 30.9 Å². The Bertz CT molecular complexity index is 616. The van der Waals surface area contributed by atoms with Gasteiger partial charge in [-0.05, 0) is 51.4 Å². The summed E-state index contributed by atoms with van der Waals surface area (Å²) in [5.74, 6) is -0.318. The second kappa shape index (κ2) is 10.4. The fourth-order valence-corrected chi connectivity index (χ4v) is 4.52. The van der Waals surface area contributed by atoms with E-state index in [0.717, 1.165) is 32.1 Å². The summed E-state index contributed by atoms with van der Waals surface area (Å²) in [6.07, 6.45) is 5.20. The third-order valence-corrected chi connectivity index (χ3v) is 6.03. The lowest BCUT2D eigenvalue weighted by atomic mass is 9.77. The molecule has 2 fully saturated rings. The first-order valence-corrected chi connectivity index (χ1v) is 10.7. The van der Waals surface area contributed by atoms with Crippen LogP contribution in [0.15, 0.2) is 11.3 Å². The lowest BCUT2D eigenvalue weighted by Crippen LogP contribution is -2.55. The highest BCUT2D eigenvalue weighted by molar-refractivity contribution is 5.94. The molecular weight excluding hydrogens is 376 g/mol. The molecule has 1 aliphatic carbocycles. The highest BCUT2D eigenvalue weighted by Gasteiger charge is 2.41. The van der Waals surface area contributed by atoms with E-state index in [1.807, 2.05) is 0 Å². The molecule has 8 nitrogen and oxygen atoms in total. The number of nitrogens with one attached hydrogen (secondary N) is 2. The van der Waals surface area contributed by atoms with Crippen LogP contribution in [0, 0.1) is 5.92 Å². The molecule has 0 aromatic heterocycles. The van der Waals surface area contributed by atoms with Gasteiger partial charge in [-0.1, -0.05) is 6.92 Å². The molecule has 0 radical (unpaired) electrons. The van der Waals surface area contributed by atoms with Crippen LogP contribution < -0.4 is 10.6 Å². The molecule has 3 aliphatic rings. The van der Waals surface area contributed by atoms with Gasteiger partial charge in [0.15, 0.2) is 0 Å². The number of hydrogen-bond donors (Lipinski definition) is 2. The van der Waals surface area contributed by atoms with Crippen LogP contribution in [0.1, 0.15) is 52.4 Å². The fraction of sp³-hybridized carbons (Fsp3) is 0.810. The van der Waals surface area contributed by atoms with Crippen molar-refractivity contribution in [2.45, 2.75) is 76.7 Å². The first-order valence-electron chi connectivity index (χ1n) is 10.7. The lowest BCUT2D eigenvalue weighted by molar-refractivity contribution is -0.143. The van der Waals surface area contributed by atoms with Gasteiger partial charge in [-0.15, -0.1) is 0 Å². The third-order valence-electron chi connectivity index (χ3n) is 6.03. The largest absolute Gasteiger partial charge is 0.459 e. The van der Waals surface area contributed by atoms with E-state index in [9.17, 15) is 9.59 Å². The molecule has 2 amide bonds. The summed E-state index contributed by atoms with van der Waals surface area (Å²) in [6.45, 7) is 5.50. The van der Waals surface area contributed by atoms with Crippen LogP contribution in [0.3, 0.4) is 0 Å². The summed E-state index contributed by atoms with van der Waals surface area (Å²) in [7, 11) is 1.69. The predicted molar refractivity (Wildman–Crippen MR) is 106 cm³/mol. The lowest BCUT2D eigenvalue weighted by Gasteiger charge is -2.40. The molecule has 3 rings (SSSR count). The molecule has 164 valence electrons. The van der Waals surface area contributed by atoms with Gasteiger partial charge >= 0.3 is 12.0 Å². The van der Waals surface area contributed by atoms with Crippen molar-refractivity contribution in [1.29, 1.82) is 0 Å². The minimum atomic E-state index is -0.398. The van der Waals surface area contributed by atoms with E-state index in [2.05, 4.69) is 17.6 Å². The van der Waals surface area contributed by atoms with Gasteiger partial charge in [0.1, 0.15) is 6.61 Å². The Hall–Kier alpha value is -1.64. The number of hydrogen-bond acceptors (Lipinski definition) is 6. The van der Waals surface area contributed by atoms with Gasteiger partial charge in [-0.2, -0.15) is 0 Å². The zero-order chi connectivity index (χ0) is 20.8. The molecule has 0 bridgehead atoms. The highest BCUT2D eigenvalue weighted by Crippen LogP contribution is 2.34. The Morgan fingerprint density at radius 3 is 2.76 bits per heavy atom. The second-order valence-corrected chi connectivity index (χ2v) is 8.10. The number of carbonyl (C=O) groups is 2. The Morgan fingerprint density at radius 1 is 1.24 bits per heavy atom. The number of allylic oxidation sites excluding steroid dienone is 1. The van der Waals surface area contributed by atoms with Gasteiger partial charge < -0.3 is 29.6 Å². The van der Waals surface area contributed by atoms with Crippen molar-refractivity contribution < 1.29 is 28.5 Å². The minimum Gasteiger partial charge on any atom is -0.459 e. The van der Waals surface area contributed by atoms with Crippen LogP contribution >= 0.6 is 0 Å². The average Bonchev–Trinajstić information content (AvgIpc) is 3.23. The summed E-state index contributed by atoms with van der Waals surface area (Å²) >= 11 is 0. The summed E-state index contributed by atoms with van der Waals surface area (Å²) < 4.78 is 22.7. The van der Waals surface area contributed by atoms with Crippen molar-refractivity contribution in [3.05, 3.63) is 11.3 Å². The van der Waals surface area contributed by atoms with Crippen LogP contribution in [-0.4, -0.2) is 63.3 Å². The molecule has 5 atom stereocenters. The van der Waals surface area contributed by atoms with E-state index in [4.69, 9.17) is 18.9 Å². The number of ether oxygens (including phenoxy) is 4. The average molecular weight is 411 g/mol. The monoisotopic (exact) mass is 410 g/mol. The van der Waals surface area contributed by atoms with Gasteiger partial charge in [0.25, 0.3) is 0 Å². The smallest absolute Gasteiger partial charge is 0.337 e. The fourth-order valence-electron chi connectivity index (χ4n) is 4.52. The van der Waals surface area contributed by atoms with E-state index in [1.54, 1.807) is 14.0 Å². The molecule has 2 heterocycles. The van der Waals surface area contributed by atoms with Crippen molar-refractivity contribution >= 4 is 12.0 Å². The van der Waals surface area contributed by atoms with Crippen molar-refractivity contribution in [3.8, 4) is 0 Å². The van der Waals surface area contributed by atoms with Crippen LogP contribution in [0.5, 0.6) is 0 Å². The molecule has 2 aliphatic heterocycles. The first-order chi connectivity index (χ1) is 14.0.